The molecule has 0 fully saturated rings. The van der Waals surface area contributed by atoms with Gasteiger partial charge < -0.3 is 5.73 Å². The number of benzene rings is 1. The molecule has 0 unspecified atom stereocenters. The molecule has 0 saturated heterocycles. The highest BCUT2D eigenvalue weighted by Crippen LogP contribution is 2.41. The summed E-state index contributed by atoms with van der Waals surface area (Å²) in [6, 6.07) is 8.26. The Hall–Kier alpha value is -2.02. The van der Waals surface area contributed by atoms with Crippen LogP contribution < -0.4 is 5.73 Å². The zero-order valence-electron chi connectivity index (χ0n) is 9.40. The Morgan fingerprint density at radius 2 is 1.81 bits per heavy atom. The molecule has 0 amide bonds. The van der Waals surface area contributed by atoms with Crippen LogP contribution in [-0.2, 0) is 0 Å². The smallest absolute Gasteiger partial charge is 0.00559 e. The van der Waals surface area contributed by atoms with Crippen LogP contribution in [0, 0.1) is 0 Å². The van der Waals surface area contributed by atoms with E-state index < -0.39 is 0 Å². The number of nitrogens with two attached hydrogens (primary N) is 1. The van der Waals surface area contributed by atoms with E-state index >= 15 is 0 Å². The van der Waals surface area contributed by atoms with Crippen molar-refractivity contribution in [3.05, 3.63) is 72.0 Å². The summed E-state index contributed by atoms with van der Waals surface area (Å²) in [5.74, 6) is 0. The maximum Gasteiger partial charge on any atom is 0.00559 e. The molecule has 0 aliphatic heterocycles. The first-order chi connectivity index (χ1) is 7.83. The first-order valence-electron chi connectivity index (χ1n) is 5.35. The standard InChI is InChI=1S/C15H15N/c1-3-7-12-11(4-2)13-8-5-6-9-14(13)15(12)10-16/h3-10H,2,16H2,1H3/b7-3-,15-10+. The summed E-state index contributed by atoms with van der Waals surface area (Å²) in [5, 5.41) is 0. The first kappa shape index (κ1) is 10.5. The Morgan fingerprint density at radius 1 is 1.12 bits per heavy atom. The molecule has 0 aromatic heterocycles. The van der Waals surface area contributed by atoms with Crippen molar-refractivity contribution >= 4 is 11.1 Å². The third kappa shape index (κ3) is 1.41. The van der Waals surface area contributed by atoms with Gasteiger partial charge in [-0.05, 0) is 29.2 Å². The van der Waals surface area contributed by atoms with E-state index in [1.807, 2.05) is 31.2 Å². The van der Waals surface area contributed by atoms with Crippen LogP contribution in [0.25, 0.3) is 11.1 Å². The third-order valence-electron chi connectivity index (χ3n) is 2.79. The van der Waals surface area contributed by atoms with E-state index in [1.54, 1.807) is 6.20 Å². The summed E-state index contributed by atoms with van der Waals surface area (Å²) < 4.78 is 0. The molecule has 16 heavy (non-hydrogen) atoms. The third-order valence-corrected chi connectivity index (χ3v) is 2.79. The van der Waals surface area contributed by atoms with E-state index in [0.29, 0.717) is 0 Å². The zero-order valence-corrected chi connectivity index (χ0v) is 9.40. The average Bonchev–Trinajstić information content (AvgIpc) is 2.62. The lowest BCUT2D eigenvalue weighted by Crippen LogP contribution is -1.88. The largest absolute Gasteiger partial charge is 0.404 e. The predicted molar refractivity (Wildman–Crippen MR) is 70.5 cm³/mol. The van der Waals surface area contributed by atoms with Crippen molar-refractivity contribution in [1.82, 2.24) is 0 Å². The van der Waals surface area contributed by atoms with E-state index in [-0.39, 0.29) is 0 Å². The molecule has 0 spiro atoms. The van der Waals surface area contributed by atoms with Gasteiger partial charge in [0.15, 0.2) is 0 Å². The fraction of sp³-hybridized carbons (Fsp3) is 0.0667. The Labute approximate surface area is 96.3 Å². The lowest BCUT2D eigenvalue weighted by atomic mass is 10.0. The van der Waals surface area contributed by atoms with Gasteiger partial charge in [-0.3, -0.25) is 0 Å². The number of hydrogen-bond donors (Lipinski definition) is 1. The Morgan fingerprint density at radius 3 is 2.38 bits per heavy atom. The summed E-state index contributed by atoms with van der Waals surface area (Å²) in [5.41, 5.74) is 11.5. The van der Waals surface area contributed by atoms with Gasteiger partial charge in [0.25, 0.3) is 0 Å². The number of hydrogen-bond acceptors (Lipinski definition) is 1. The zero-order chi connectivity index (χ0) is 11.5. The summed E-state index contributed by atoms with van der Waals surface area (Å²) in [6.07, 6.45) is 7.67. The molecule has 1 aliphatic carbocycles. The number of rotatable bonds is 2. The average molecular weight is 209 g/mol. The monoisotopic (exact) mass is 209 g/mol. The molecule has 80 valence electrons. The fourth-order valence-corrected chi connectivity index (χ4v) is 2.13. The topological polar surface area (TPSA) is 26.0 Å². The van der Waals surface area contributed by atoms with Crippen LogP contribution in [0.5, 0.6) is 0 Å². The van der Waals surface area contributed by atoms with Gasteiger partial charge in [-0.25, -0.2) is 0 Å². The van der Waals surface area contributed by atoms with Crippen LogP contribution >= 0.6 is 0 Å². The van der Waals surface area contributed by atoms with Crippen molar-refractivity contribution < 1.29 is 0 Å². The predicted octanol–water partition coefficient (Wildman–Crippen LogP) is 3.52. The molecule has 1 aromatic rings. The molecule has 0 atom stereocenters. The summed E-state index contributed by atoms with van der Waals surface area (Å²) in [6.45, 7) is 5.89. The van der Waals surface area contributed by atoms with E-state index in [1.165, 1.54) is 11.1 Å². The molecular formula is C15H15N. The maximum absolute atomic E-state index is 5.72. The number of fused-ring (bicyclic) bond motifs is 1. The Bertz CT molecular complexity index is 516. The van der Waals surface area contributed by atoms with Crippen molar-refractivity contribution in [1.29, 1.82) is 0 Å². The Kier molecular flexibility index (Phi) is 2.78. The van der Waals surface area contributed by atoms with Crippen molar-refractivity contribution in [3.63, 3.8) is 0 Å². The normalized spacial score (nSPS) is 17.2. The van der Waals surface area contributed by atoms with Crippen LogP contribution in [0.15, 0.2) is 60.8 Å². The molecule has 2 N–H and O–H groups in total. The molecule has 1 aliphatic rings. The van der Waals surface area contributed by atoms with Crippen molar-refractivity contribution in [2.75, 3.05) is 0 Å². The van der Waals surface area contributed by atoms with Gasteiger partial charge in [0.05, 0.1) is 0 Å². The second kappa shape index (κ2) is 4.23. The molecule has 0 saturated carbocycles. The van der Waals surface area contributed by atoms with Gasteiger partial charge in [0.1, 0.15) is 0 Å². The van der Waals surface area contributed by atoms with Gasteiger partial charge in [-0.2, -0.15) is 0 Å². The molecule has 1 heteroatoms. The summed E-state index contributed by atoms with van der Waals surface area (Å²) in [7, 11) is 0. The highest BCUT2D eigenvalue weighted by Gasteiger charge is 2.21. The second-order valence-electron chi connectivity index (χ2n) is 3.66. The lowest BCUT2D eigenvalue weighted by molar-refractivity contribution is 1.54. The van der Waals surface area contributed by atoms with Crippen molar-refractivity contribution in [2.45, 2.75) is 6.92 Å². The number of allylic oxidation sites excluding steroid dienone is 6. The molecule has 0 radical (unpaired) electrons. The quantitative estimate of drug-likeness (QED) is 0.792. The molecule has 0 heterocycles. The van der Waals surface area contributed by atoms with Crippen LogP contribution in [0.2, 0.25) is 0 Å². The highest BCUT2D eigenvalue weighted by atomic mass is 14.5. The van der Waals surface area contributed by atoms with Gasteiger partial charge >= 0.3 is 0 Å². The second-order valence-corrected chi connectivity index (χ2v) is 3.66. The minimum Gasteiger partial charge on any atom is -0.404 e. The van der Waals surface area contributed by atoms with Gasteiger partial charge in [0, 0.05) is 11.8 Å². The van der Waals surface area contributed by atoms with E-state index in [0.717, 1.165) is 16.7 Å². The van der Waals surface area contributed by atoms with E-state index in [4.69, 9.17) is 5.73 Å². The molecule has 1 nitrogen and oxygen atoms in total. The highest BCUT2D eigenvalue weighted by molar-refractivity contribution is 6.04. The van der Waals surface area contributed by atoms with Crippen LogP contribution in [0.4, 0.5) is 0 Å². The van der Waals surface area contributed by atoms with Gasteiger partial charge in [0.2, 0.25) is 0 Å². The van der Waals surface area contributed by atoms with Crippen molar-refractivity contribution in [3.8, 4) is 0 Å². The van der Waals surface area contributed by atoms with E-state index in [2.05, 4.69) is 24.8 Å². The van der Waals surface area contributed by atoms with Gasteiger partial charge in [-0.1, -0.05) is 49.1 Å². The SMILES string of the molecule is C=CC1=C(/C=C\C)/C(=C\N)c2ccccc21. The molecule has 1 aromatic carbocycles. The van der Waals surface area contributed by atoms with Crippen LogP contribution in [-0.4, -0.2) is 0 Å². The molecular weight excluding hydrogens is 194 g/mol. The lowest BCUT2D eigenvalue weighted by Gasteiger charge is -2.01. The van der Waals surface area contributed by atoms with Crippen molar-refractivity contribution in [2.24, 2.45) is 5.73 Å². The van der Waals surface area contributed by atoms with Crippen LogP contribution in [0.1, 0.15) is 18.1 Å². The summed E-state index contributed by atoms with van der Waals surface area (Å²) >= 11 is 0. The molecule has 0 bridgehead atoms. The minimum absolute atomic E-state index is 1.09. The first-order valence-corrected chi connectivity index (χ1v) is 5.35. The van der Waals surface area contributed by atoms with E-state index in [9.17, 15) is 0 Å². The summed E-state index contributed by atoms with van der Waals surface area (Å²) in [4.78, 5) is 0. The minimum atomic E-state index is 1.09. The molecule has 2 rings (SSSR count). The van der Waals surface area contributed by atoms with Gasteiger partial charge in [-0.15, -0.1) is 0 Å². The fourth-order valence-electron chi connectivity index (χ4n) is 2.13. The van der Waals surface area contributed by atoms with Crippen LogP contribution in [0.3, 0.4) is 0 Å². The maximum atomic E-state index is 5.72. The Balaban J connectivity index is 2.73.